The summed E-state index contributed by atoms with van der Waals surface area (Å²) in [5.41, 5.74) is 2.63. The van der Waals surface area contributed by atoms with Crippen molar-refractivity contribution >= 4 is 6.29 Å². The molecule has 0 fully saturated rings. The zero-order chi connectivity index (χ0) is 10.6. The molecule has 2 nitrogen and oxygen atoms in total. The largest absolute Gasteiger partial charge is 0.303 e. The molecular weight excluding hydrogens is 174 g/mol. The molecule has 0 aromatic heterocycles. The summed E-state index contributed by atoms with van der Waals surface area (Å²) in [6.07, 6.45) is 1.74. The van der Waals surface area contributed by atoms with E-state index in [-0.39, 0.29) is 5.92 Å². The van der Waals surface area contributed by atoms with Gasteiger partial charge < -0.3 is 4.79 Å². The van der Waals surface area contributed by atoms with Gasteiger partial charge in [0.25, 0.3) is 0 Å². The van der Waals surface area contributed by atoms with Crippen molar-refractivity contribution in [2.24, 2.45) is 0 Å². The molecule has 1 aromatic carbocycles. The van der Waals surface area contributed by atoms with Crippen LogP contribution in [0.1, 0.15) is 36.5 Å². The molecule has 0 saturated carbocycles. The summed E-state index contributed by atoms with van der Waals surface area (Å²) in [6, 6.07) is 7.79. The molecule has 0 aliphatic carbocycles. The number of benzene rings is 1. The Morgan fingerprint density at radius 3 is 2.79 bits per heavy atom. The molecular formula is C12H13NO. The fourth-order valence-electron chi connectivity index (χ4n) is 1.37. The summed E-state index contributed by atoms with van der Waals surface area (Å²) < 4.78 is 0. The summed E-state index contributed by atoms with van der Waals surface area (Å²) >= 11 is 0. The smallest absolute Gasteiger partial charge is 0.127 e. The number of hydrogen-bond acceptors (Lipinski definition) is 2. The lowest BCUT2D eigenvalue weighted by atomic mass is 9.96. The Labute approximate surface area is 84.2 Å². The molecule has 0 amide bonds. The van der Waals surface area contributed by atoms with Crippen LogP contribution in [-0.2, 0) is 11.2 Å². The van der Waals surface area contributed by atoms with Gasteiger partial charge in [-0.25, -0.2) is 0 Å². The maximum Gasteiger partial charge on any atom is 0.127 e. The lowest BCUT2D eigenvalue weighted by Crippen LogP contribution is -1.97. The Balaban J connectivity index is 3.15. The van der Waals surface area contributed by atoms with Crippen molar-refractivity contribution < 1.29 is 4.79 Å². The Morgan fingerprint density at radius 2 is 2.29 bits per heavy atom. The topological polar surface area (TPSA) is 40.9 Å². The highest BCUT2D eigenvalue weighted by Crippen LogP contribution is 2.17. The van der Waals surface area contributed by atoms with E-state index >= 15 is 0 Å². The standard InChI is InChI=1S/C12H13NO/c1-3-10-4-5-11(9(2)8-14)6-12(10)7-13/h4-6,8-9H,3H2,1-2H3. The first-order valence-electron chi connectivity index (χ1n) is 4.71. The lowest BCUT2D eigenvalue weighted by molar-refractivity contribution is -0.108. The molecule has 14 heavy (non-hydrogen) atoms. The minimum atomic E-state index is -0.131. The maximum absolute atomic E-state index is 10.6. The van der Waals surface area contributed by atoms with Crippen LogP contribution in [0, 0.1) is 11.3 Å². The van der Waals surface area contributed by atoms with Gasteiger partial charge >= 0.3 is 0 Å². The summed E-state index contributed by atoms with van der Waals surface area (Å²) in [5, 5.41) is 8.89. The number of aryl methyl sites for hydroxylation is 1. The van der Waals surface area contributed by atoms with Crippen molar-refractivity contribution in [3.8, 4) is 6.07 Å². The Kier molecular flexibility index (Phi) is 3.41. The molecule has 0 N–H and O–H groups in total. The van der Waals surface area contributed by atoms with Gasteiger partial charge in [-0.15, -0.1) is 0 Å². The minimum absolute atomic E-state index is 0.131. The molecule has 0 aliphatic rings. The van der Waals surface area contributed by atoms with E-state index in [4.69, 9.17) is 5.26 Å². The van der Waals surface area contributed by atoms with Crippen LogP contribution >= 0.6 is 0 Å². The predicted molar refractivity (Wildman–Crippen MR) is 55.0 cm³/mol. The van der Waals surface area contributed by atoms with Gasteiger partial charge in [0.15, 0.2) is 0 Å². The number of nitrogens with zero attached hydrogens (tertiary/aromatic N) is 1. The number of aldehydes is 1. The van der Waals surface area contributed by atoms with Crippen molar-refractivity contribution in [1.82, 2.24) is 0 Å². The molecule has 0 bridgehead atoms. The van der Waals surface area contributed by atoms with E-state index in [1.807, 2.05) is 26.0 Å². The number of nitriles is 1. The average molecular weight is 187 g/mol. The van der Waals surface area contributed by atoms with Crippen LogP contribution in [0.3, 0.4) is 0 Å². The highest BCUT2D eigenvalue weighted by atomic mass is 16.1. The number of carbonyl (C=O) groups excluding carboxylic acids is 1. The fourth-order valence-corrected chi connectivity index (χ4v) is 1.37. The molecule has 0 aliphatic heterocycles. The summed E-state index contributed by atoms with van der Waals surface area (Å²) in [7, 11) is 0. The Morgan fingerprint density at radius 1 is 1.57 bits per heavy atom. The molecule has 0 saturated heterocycles. The van der Waals surface area contributed by atoms with Crippen LogP contribution in [0.25, 0.3) is 0 Å². The van der Waals surface area contributed by atoms with E-state index in [0.717, 1.165) is 23.8 Å². The zero-order valence-electron chi connectivity index (χ0n) is 8.45. The van der Waals surface area contributed by atoms with Gasteiger partial charge in [0.05, 0.1) is 11.6 Å². The van der Waals surface area contributed by atoms with Crippen LogP contribution in [0.15, 0.2) is 18.2 Å². The van der Waals surface area contributed by atoms with Gasteiger partial charge in [-0.3, -0.25) is 0 Å². The van der Waals surface area contributed by atoms with Gasteiger partial charge in [0, 0.05) is 5.92 Å². The van der Waals surface area contributed by atoms with Crippen molar-refractivity contribution in [1.29, 1.82) is 5.26 Å². The van der Waals surface area contributed by atoms with E-state index < -0.39 is 0 Å². The van der Waals surface area contributed by atoms with Crippen molar-refractivity contribution in [3.63, 3.8) is 0 Å². The second-order valence-electron chi connectivity index (χ2n) is 3.31. The number of carbonyl (C=O) groups is 1. The molecule has 0 radical (unpaired) electrons. The molecule has 1 atom stereocenters. The minimum Gasteiger partial charge on any atom is -0.303 e. The van der Waals surface area contributed by atoms with E-state index in [1.165, 1.54) is 0 Å². The second-order valence-corrected chi connectivity index (χ2v) is 3.31. The highest BCUT2D eigenvalue weighted by molar-refractivity contribution is 5.62. The third-order valence-corrected chi connectivity index (χ3v) is 2.37. The lowest BCUT2D eigenvalue weighted by Gasteiger charge is -2.06. The monoisotopic (exact) mass is 187 g/mol. The van der Waals surface area contributed by atoms with Crippen LogP contribution < -0.4 is 0 Å². The van der Waals surface area contributed by atoms with Crippen LogP contribution in [-0.4, -0.2) is 6.29 Å². The molecule has 1 rings (SSSR count). The van der Waals surface area contributed by atoms with Gasteiger partial charge in [-0.05, 0) is 23.6 Å². The van der Waals surface area contributed by atoms with Crippen molar-refractivity contribution in [3.05, 3.63) is 34.9 Å². The van der Waals surface area contributed by atoms with Crippen LogP contribution in [0.4, 0.5) is 0 Å². The average Bonchev–Trinajstić information content (AvgIpc) is 2.26. The summed E-state index contributed by atoms with van der Waals surface area (Å²) in [6.45, 7) is 3.84. The fraction of sp³-hybridized carbons (Fsp3) is 0.333. The molecule has 0 heterocycles. The maximum atomic E-state index is 10.6. The second kappa shape index (κ2) is 4.57. The van der Waals surface area contributed by atoms with Gasteiger partial charge in [0.1, 0.15) is 6.29 Å². The van der Waals surface area contributed by atoms with Crippen LogP contribution in [0.2, 0.25) is 0 Å². The highest BCUT2D eigenvalue weighted by Gasteiger charge is 2.06. The quantitative estimate of drug-likeness (QED) is 0.682. The van der Waals surface area contributed by atoms with Crippen LogP contribution in [0.5, 0.6) is 0 Å². The summed E-state index contributed by atoms with van der Waals surface area (Å²) in [4.78, 5) is 10.6. The zero-order valence-corrected chi connectivity index (χ0v) is 8.45. The third-order valence-electron chi connectivity index (χ3n) is 2.37. The molecule has 1 aromatic rings. The Bertz CT molecular complexity index is 376. The predicted octanol–water partition coefficient (Wildman–Crippen LogP) is 2.42. The van der Waals surface area contributed by atoms with E-state index in [1.54, 1.807) is 6.07 Å². The molecule has 1 unspecified atom stereocenters. The first kappa shape index (κ1) is 10.5. The van der Waals surface area contributed by atoms with Gasteiger partial charge in [-0.2, -0.15) is 5.26 Å². The number of rotatable bonds is 3. The van der Waals surface area contributed by atoms with Gasteiger partial charge in [-0.1, -0.05) is 26.0 Å². The van der Waals surface area contributed by atoms with E-state index in [9.17, 15) is 4.79 Å². The number of hydrogen-bond donors (Lipinski definition) is 0. The Hall–Kier alpha value is -1.62. The molecule has 0 spiro atoms. The SMILES string of the molecule is CCc1ccc(C(C)C=O)cc1C#N. The van der Waals surface area contributed by atoms with E-state index in [0.29, 0.717) is 5.56 Å². The van der Waals surface area contributed by atoms with Gasteiger partial charge in [0.2, 0.25) is 0 Å². The first-order chi connectivity index (χ1) is 6.72. The first-order valence-corrected chi connectivity index (χ1v) is 4.71. The normalized spacial score (nSPS) is 11.8. The summed E-state index contributed by atoms with van der Waals surface area (Å²) in [5.74, 6) is -0.131. The molecule has 2 heteroatoms. The van der Waals surface area contributed by atoms with Crippen molar-refractivity contribution in [2.45, 2.75) is 26.2 Å². The van der Waals surface area contributed by atoms with E-state index in [2.05, 4.69) is 6.07 Å². The third kappa shape index (κ3) is 2.00. The van der Waals surface area contributed by atoms with Crippen molar-refractivity contribution in [2.75, 3.05) is 0 Å². The molecule has 72 valence electrons.